The summed E-state index contributed by atoms with van der Waals surface area (Å²) in [6.07, 6.45) is -0.636. The van der Waals surface area contributed by atoms with Crippen molar-refractivity contribution < 1.29 is 28.8 Å². The zero-order valence-electron chi connectivity index (χ0n) is 18.2. The molecule has 3 aromatic rings. The van der Waals surface area contributed by atoms with E-state index in [9.17, 15) is 9.90 Å². The van der Waals surface area contributed by atoms with Crippen LogP contribution in [0.2, 0.25) is 0 Å². The van der Waals surface area contributed by atoms with E-state index in [4.69, 9.17) is 18.9 Å². The molecular weight excluding hydrogens is 412 g/mol. The quantitative estimate of drug-likeness (QED) is 0.599. The van der Waals surface area contributed by atoms with E-state index in [1.807, 2.05) is 18.2 Å². The highest BCUT2D eigenvalue weighted by atomic mass is 16.5. The Hall–Kier alpha value is -4.07. The minimum Gasteiger partial charge on any atom is -0.502 e. The highest BCUT2D eigenvalue weighted by Gasteiger charge is 2.36. The Labute approximate surface area is 185 Å². The Kier molecular flexibility index (Phi) is 5.68. The van der Waals surface area contributed by atoms with Crippen molar-refractivity contribution in [2.45, 2.75) is 6.17 Å². The van der Waals surface area contributed by atoms with Crippen LogP contribution in [0.5, 0.6) is 28.7 Å². The molecule has 0 bridgehead atoms. The Morgan fingerprint density at radius 1 is 0.844 bits per heavy atom. The first-order chi connectivity index (χ1) is 15.5. The van der Waals surface area contributed by atoms with Crippen molar-refractivity contribution in [3.63, 3.8) is 0 Å². The van der Waals surface area contributed by atoms with Crippen LogP contribution in [0.25, 0.3) is 0 Å². The second kappa shape index (κ2) is 8.58. The lowest BCUT2D eigenvalue weighted by Crippen LogP contribution is -2.43. The maximum absolute atomic E-state index is 13.7. The molecule has 3 aromatic carbocycles. The third kappa shape index (κ3) is 3.49. The van der Waals surface area contributed by atoms with Crippen molar-refractivity contribution in [2.75, 3.05) is 38.7 Å². The van der Waals surface area contributed by atoms with E-state index in [1.54, 1.807) is 48.4 Å². The summed E-state index contributed by atoms with van der Waals surface area (Å²) < 4.78 is 21.5. The van der Waals surface area contributed by atoms with Crippen LogP contribution in [0.1, 0.15) is 22.1 Å². The standard InChI is InChI=1S/C24H24N2O6/c1-29-15-9-10-18(19(13-15)30-2)26-23(25-17-8-6-5-7-16(17)24(26)28)14-11-20(31-3)22(27)21(12-14)32-4/h5-13,23,25,27H,1-4H3. The average molecular weight is 436 g/mol. The molecule has 0 saturated carbocycles. The number of hydrogen-bond acceptors (Lipinski definition) is 7. The normalized spacial score (nSPS) is 14.9. The predicted octanol–water partition coefficient (Wildman–Crippen LogP) is 4.20. The van der Waals surface area contributed by atoms with Crippen LogP contribution in [0.15, 0.2) is 54.6 Å². The molecule has 4 rings (SSSR count). The van der Waals surface area contributed by atoms with Crippen molar-refractivity contribution in [3.8, 4) is 28.7 Å². The fourth-order valence-corrected chi connectivity index (χ4v) is 3.79. The molecule has 0 saturated heterocycles. The number of carbonyl (C=O) groups is 1. The van der Waals surface area contributed by atoms with Crippen molar-refractivity contribution >= 4 is 17.3 Å². The molecule has 1 aliphatic rings. The van der Waals surface area contributed by atoms with Gasteiger partial charge in [-0.3, -0.25) is 9.69 Å². The maximum atomic E-state index is 13.7. The fraction of sp³-hybridized carbons (Fsp3) is 0.208. The van der Waals surface area contributed by atoms with Crippen LogP contribution in [0.4, 0.5) is 11.4 Å². The van der Waals surface area contributed by atoms with E-state index in [1.165, 1.54) is 21.3 Å². The number of para-hydroxylation sites is 1. The lowest BCUT2D eigenvalue weighted by molar-refractivity contribution is 0.0974. The first kappa shape index (κ1) is 21.2. The molecule has 8 heteroatoms. The van der Waals surface area contributed by atoms with Gasteiger partial charge < -0.3 is 29.4 Å². The van der Waals surface area contributed by atoms with E-state index >= 15 is 0 Å². The molecule has 1 heterocycles. The summed E-state index contributed by atoms with van der Waals surface area (Å²) in [4.78, 5) is 15.3. The van der Waals surface area contributed by atoms with Crippen LogP contribution in [0.3, 0.4) is 0 Å². The zero-order chi connectivity index (χ0) is 22.8. The number of fused-ring (bicyclic) bond motifs is 1. The first-order valence-electron chi connectivity index (χ1n) is 9.88. The third-order valence-corrected chi connectivity index (χ3v) is 5.39. The molecule has 0 aliphatic carbocycles. The minimum absolute atomic E-state index is 0.116. The van der Waals surface area contributed by atoms with Gasteiger partial charge in [0.15, 0.2) is 11.5 Å². The van der Waals surface area contributed by atoms with Gasteiger partial charge in [-0.05, 0) is 36.4 Å². The Balaban J connectivity index is 1.93. The summed E-state index contributed by atoms with van der Waals surface area (Å²) >= 11 is 0. The van der Waals surface area contributed by atoms with Gasteiger partial charge in [0.25, 0.3) is 5.91 Å². The second-order valence-electron chi connectivity index (χ2n) is 7.08. The summed E-state index contributed by atoms with van der Waals surface area (Å²) in [7, 11) is 6.01. The van der Waals surface area contributed by atoms with Crippen LogP contribution >= 0.6 is 0 Å². The zero-order valence-corrected chi connectivity index (χ0v) is 18.2. The number of amides is 1. The van der Waals surface area contributed by atoms with Crippen molar-refractivity contribution in [1.82, 2.24) is 0 Å². The molecule has 0 aromatic heterocycles. The minimum atomic E-state index is -0.636. The molecule has 1 aliphatic heterocycles. The second-order valence-corrected chi connectivity index (χ2v) is 7.08. The van der Waals surface area contributed by atoms with Gasteiger partial charge in [-0.2, -0.15) is 0 Å². The third-order valence-electron chi connectivity index (χ3n) is 5.39. The van der Waals surface area contributed by atoms with Crippen LogP contribution < -0.4 is 29.2 Å². The molecule has 0 radical (unpaired) electrons. The number of ether oxygens (including phenoxy) is 4. The monoisotopic (exact) mass is 436 g/mol. The average Bonchev–Trinajstić information content (AvgIpc) is 2.84. The highest BCUT2D eigenvalue weighted by molar-refractivity contribution is 6.12. The number of carbonyl (C=O) groups excluding carboxylic acids is 1. The van der Waals surface area contributed by atoms with Crippen molar-refractivity contribution in [2.24, 2.45) is 0 Å². The number of phenols is 1. The summed E-state index contributed by atoms with van der Waals surface area (Å²) in [5, 5.41) is 13.8. The van der Waals surface area contributed by atoms with E-state index < -0.39 is 6.17 Å². The predicted molar refractivity (Wildman–Crippen MR) is 120 cm³/mol. The van der Waals surface area contributed by atoms with Crippen LogP contribution in [0, 0.1) is 0 Å². The van der Waals surface area contributed by atoms with Gasteiger partial charge in [-0.1, -0.05) is 12.1 Å². The molecule has 8 nitrogen and oxygen atoms in total. The number of benzene rings is 3. The Bertz CT molecular complexity index is 1140. The SMILES string of the molecule is COc1ccc(N2C(=O)c3ccccc3NC2c2cc(OC)c(O)c(OC)c2)c(OC)c1. The molecule has 1 atom stereocenters. The fourth-order valence-electron chi connectivity index (χ4n) is 3.79. The summed E-state index contributed by atoms with van der Waals surface area (Å²) in [5.74, 6) is 1.21. The van der Waals surface area contributed by atoms with Gasteiger partial charge in [0.1, 0.15) is 17.7 Å². The van der Waals surface area contributed by atoms with E-state index in [0.29, 0.717) is 34.0 Å². The van der Waals surface area contributed by atoms with Gasteiger partial charge in [0.2, 0.25) is 5.75 Å². The highest BCUT2D eigenvalue weighted by Crippen LogP contribution is 2.45. The topological polar surface area (TPSA) is 89.5 Å². The Morgan fingerprint density at radius 3 is 2.12 bits per heavy atom. The van der Waals surface area contributed by atoms with E-state index in [-0.39, 0.29) is 23.2 Å². The maximum Gasteiger partial charge on any atom is 0.262 e. The largest absolute Gasteiger partial charge is 0.502 e. The molecule has 0 fully saturated rings. The summed E-state index contributed by atoms with van der Waals surface area (Å²) in [5.41, 5.74) is 2.42. The number of rotatable bonds is 6. The molecule has 2 N–H and O–H groups in total. The van der Waals surface area contributed by atoms with Crippen molar-refractivity contribution in [3.05, 3.63) is 65.7 Å². The molecule has 1 amide bonds. The molecule has 1 unspecified atom stereocenters. The number of aromatic hydroxyl groups is 1. The van der Waals surface area contributed by atoms with E-state index in [2.05, 4.69) is 5.32 Å². The molecule has 0 spiro atoms. The number of nitrogens with zero attached hydrogens (tertiary/aromatic N) is 1. The van der Waals surface area contributed by atoms with Crippen molar-refractivity contribution in [1.29, 1.82) is 0 Å². The molecule has 166 valence electrons. The first-order valence-corrected chi connectivity index (χ1v) is 9.88. The smallest absolute Gasteiger partial charge is 0.262 e. The van der Waals surface area contributed by atoms with Crippen LogP contribution in [-0.4, -0.2) is 39.5 Å². The number of methoxy groups -OCH3 is 4. The number of anilines is 2. The lowest BCUT2D eigenvalue weighted by atomic mass is 10.0. The lowest BCUT2D eigenvalue weighted by Gasteiger charge is -2.38. The number of phenolic OH excluding ortho intramolecular Hbond substituents is 1. The van der Waals surface area contributed by atoms with Gasteiger partial charge >= 0.3 is 0 Å². The Morgan fingerprint density at radius 2 is 1.50 bits per heavy atom. The summed E-state index contributed by atoms with van der Waals surface area (Å²) in [6, 6.07) is 15.9. The molecular formula is C24H24N2O6. The van der Waals surface area contributed by atoms with Crippen LogP contribution in [-0.2, 0) is 0 Å². The van der Waals surface area contributed by atoms with Gasteiger partial charge in [0.05, 0.1) is 39.7 Å². The van der Waals surface area contributed by atoms with Gasteiger partial charge in [-0.25, -0.2) is 0 Å². The van der Waals surface area contributed by atoms with Gasteiger partial charge in [-0.15, -0.1) is 0 Å². The number of hydrogen-bond donors (Lipinski definition) is 2. The van der Waals surface area contributed by atoms with E-state index in [0.717, 1.165) is 0 Å². The number of nitrogens with one attached hydrogen (secondary N) is 1. The summed E-state index contributed by atoms with van der Waals surface area (Å²) in [6.45, 7) is 0. The van der Waals surface area contributed by atoms with Gasteiger partial charge in [0, 0.05) is 17.3 Å². The molecule has 32 heavy (non-hydrogen) atoms.